The van der Waals surface area contributed by atoms with Crippen molar-refractivity contribution >= 4 is 21.7 Å². The minimum absolute atomic E-state index is 0.0986. The third-order valence-electron chi connectivity index (χ3n) is 7.29. The number of sulfonamides is 1. The molecule has 11 nitrogen and oxygen atoms in total. The van der Waals surface area contributed by atoms with Crippen LogP contribution in [0.2, 0.25) is 0 Å². The van der Waals surface area contributed by atoms with Gasteiger partial charge in [-0.15, -0.1) is 0 Å². The number of aromatic nitrogens is 3. The highest BCUT2D eigenvalue weighted by atomic mass is 32.2. The molecule has 0 spiro atoms. The summed E-state index contributed by atoms with van der Waals surface area (Å²) >= 11 is 0. The number of aryl methyl sites for hydroxylation is 2. The second kappa shape index (κ2) is 8.21. The van der Waals surface area contributed by atoms with Gasteiger partial charge in [0.15, 0.2) is 4.90 Å². The normalized spacial score (nSPS) is 21.9. The van der Waals surface area contributed by atoms with E-state index in [2.05, 4.69) is 20.0 Å². The Morgan fingerprint density at radius 1 is 1.12 bits per heavy atom. The number of hydrogen-bond donors (Lipinski definition) is 2. The number of nitrogens with zero attached hydrogens (tertiary/aromatic N) is 4. The largest absolute Gasteiger partial charge is 0.475 e. The fourth-order valence-corrected chi connectivity index (χ4v) is 6.42. The second-order valence-corrected chi connectivity index (χ2v) is 11.0. The smallest absolute Gasteiger partial charge is 0.333 e. The number of anilines is 1. The van der Waals surface area contributed by atoms with Crippen LogP contribution in [0.1, 0.15) is 35.4 Å². The number of amides is 2. The van der Waals surface area contributed by atoms with Crippen LogP contribution in [-0.2, 0) is 47.0 Å². The van der Waals surface area contributed by atoms with Crippen molar-refractivity contribution in [3.05, 3.63) is 28.7 Å². The van der Waals surface area contributed by atoms with E-state index in [9.17, 15) is 13.2 Å². The zero-order chi connectivity index (χ0) is 23.4. The van der Waals surface area contributed by atoms with Crippen LogP contribution in [0.4, 0.5) is 10.5 Å². The minimum atomic E-state index is -4.17. The van der Waals surface area contributed by atoms with E-state index >= 15 is 0 Å². The highest BCUT2D eigenvalue weighted by Gasteiger charge is 2.38. The molecule has 1 unspecified atom stereocenters. The lowest BCUT2D eigenvalue weighted by Crippen LogP contribution is -2.59. The van der Waals surface area contributed by atoms with Gasteiger partial charge >= 0.3 is 6.03 Å². The van der Waals surface area contributed by atoms with Crippen molar-refractivity contribution in [3.63, 3.8) is 0 Å². The number of carbonyl (C=O) groups excluding carboxylic acids is 1. The Bertz CT molecular complexity index is 1220. The Kier molecular flexibility index (Phi) is 5.26. The number of ether oxygens (including phenoxy) is 2. The molecule has 1 atom stereocenters. The number of nitrogens with one attached hydrogen (secondary N) is 2. The highest BCUT2D eigenvalue weighted by Crippen LogP contribution is 2.36. The van der Waals surface area contributed by atoms with Crippen LogP contribution in [0.3, 0.4) is 0 Å². The lowest BCUT2D eigenvalue weighted by molar-refractivity contribution is -0.0687. The summed E-state index contributed by atoms with van der Waals surface area (Å²) in [4.78, 5) is 19.7. The molecule has 2 aliphatic heterocycles. The summed E-state index contributed by atoms with van der Waals surface area (Å²) in [5.74, 6) is 0.158. The second-order valence-electron chi connectivity index (χ2n) is 9.38. The van der Waals surface area contributed by atoms with E-state index in [1.54, 1.807) is 11.8 Å². The SMILES string of the molecule is COC1CN(C2COc3c(S(=O)(=O)NC(=O)Nc4c5c(nc6c4CCC6)CCC5)cnn3C2)C1. The van der Waals surface area contributed by atoms with Crippen LogP contribution in [-0.4, -0.2) is 73.1 Å². The standard InChI is InChI=1S/C22H28N6O5S/c1-32-14-10-27(11-14)13-9-28-21(33-12-13)19(8-23-28)34(30,31)26-22(29)25-20-15-4-2-6-17(15)24-18-7-3-5-16(18)20/h8,13-14H,2-7,9-12H2,1H3,(H2,24,25,26,29). The number of hydrogen-bond acceptors (Lipinski definition) is 8. The molecule has 2 N–H and O–H groups in total. The Morgan fingerprint density at radius 2 is 1.82 bits per heavy atom. The summed E-state index contributed by atoms with van der Waals surface area (Å²) in [6, 6.07) is -0.685. The van der Waals surface area contributed by atoms with Crippen molar-refractivity contribution in [3.8, 4) is 5.88 Å². The van der Waals surface area contributed by atoms with Gasteiger partial charge in [0, 0.05) is 31.6 Å². The first kappa shape index (κ1) is 21.8. The van der Waals surface area contributed by atoms with Gasteiger partial charge in [-0.3, -0.25) is 9.88 Å². The summed E-state index contributed by atoms with van der Waals surface area (Å²) in [6.45, 7) is 2.50. The molecular weight excluding hydrogens is 460 g/mol. The molecule has 1 fully saturated rings. The predicted octanol–water partition coefficient (Wildman–Crippen LogP) is 0.858. The molecule has 2 aromatic heterocycles. The molecule has 4 heterocycles. The van der Waals surface area contributed by atoms with Gasteiger partial charge in [0.2, 0.25) is 5.88 Å². The molecule has 2 amide bonds. The molecule has 182 valence electrons. The first-order valence-electron chi connectivity index (χ1n) is 11.8. The van der Waals surface area contributed by atoms with Crippen LogP contribution >= 0.6 is 0 Å². The van der Waals surface area contributed by atoms with Crippen molar-refractivity contribution in [2.24, 2.45) is 0 Å². The lowest BCUT2D eigenvalue weighted by atomic mass is 10.1. The summed E-state index contributed by atoms with van der Waals surface area (Å²) in [5, 5.41) is 7.05. The number of likely N-dealkylation sites (tertiary alicyclic amines) is 1. The topological polar surface area (TPSA) is 128 Å². The van der Waals surface area contributed by atoms with E-state index in [0.29, 0.717) is 13.2 Å². The van der Waals surface area contributed by atoms with E-state index in [1.807, 2.05) is 0 Å². The van der Waals surface area contributed by atoms with Gasteiger partial charge in [0.25, 0.3) is 10.0 Å². The maximum absolute atomic E-state index is 13.1. The molecule has 12 heteroatoms. The van der Waals surface area contributed by atoms with E-state index in [1.165, 1.54) is 6.20 Å². The Morgan fingerprint density at radius 3 is 2.50 bits per heavy atom. The Hall–Kier alpha value is -2.70. The molecule has 0 saturated carbocycles. The zero-order valence-corrected chi connectivity index (χ0v) is 19.9. The zero-order valence-electron chi connectivity index (χ0n) is 19.0. The molecule has 2 aromatic rings. The van der Waals surface area contributed by atoms with Crippen LogP contribution < -0.4 is 14.8 Å². The molecule has 0 aromatic carbocycles. The molecule has 6 rings (SSSR count). The molecule has 2 aliphatic carbocycles. The first-order chi connectivity index (χ1) is 16.4. The average molecular weight is 489 g/mol. The van der Waals surface area contributed by atoms with Crippen molar-refractivity contribution in [2.45, 2.75) is 62.1 Å². The number of urea groups is 1. The van der Waals surface area contributed by atoms with E-state index in [4.69, 9.17) is 14.5 Å². The van der Waals surface area contributed by atoms with Crippen molar-refractivity contribution < 1.29 is 22.7 Å². The predicted molar refractivity (Wildman–Crippen MR) is 122 cm³/mol. The van der Waals surface area contributed by atoms with Gasteiger partial charge in [0.05, 0.1) is 30.6 Å². The third-order valence-corrected chi connectivity index (χ3v) is 8.60. The van der Waals surface area contributed by atoms with Crippen LogP contribution in [0.5, 0.6) is 5.88 Å². The maximum Gasteiger partial charge on any atom is 0.333 e. The van der Waals surface area contributed by atoms with Gasteiger partial charge in [-0.2, -0.15) is 5.10 Å². The Balaban J connectivity index is 1.17. The van der Waals surface area contributed by atoms with Gasteiger partial charge in [-0.1, -0.05) is 0 Å². The fourth-order valence-electron chi connectivity index (χ4n) is 5.44. The highest BCUT2D eigenvalue weighted by molar-refractivity contribution is 7.90. The van der Waals surface area contributed by atoms with Crippen LogP contribution in [0.15, 0.2) is 11.1 Å². The summed E-state index contributed by atoms with van der Waals surface area (Å²) < 4.78 is 40.9. The number of carbonyl (C=O) groups is 1. The van der Waals surface area contributed by atoms with Gasteiger partial charge in [0.1, 0.15) is 6.61 Å². The molecule has 34 heavy (non-hydrogen) atoms. The van der Waals surface area contributed by atoms with E-state index < -0.39 is 16.1 Å². The number of rotatable bonds is 5. The summed E-state index contributed by atoms with van der Waals surface area (Å²) in [5.41, 5.74) is 4.85. The van der Waals surface area contributed by atoms with Crippen molar-refractivity contribution in [2.75, 3.05) is 32.1 Å². The van der Waals surface area contributed by atoms with Gasteiger partial charge in [-0.25, -0.2) is 22.6 Å². The van der Waals surface area contributed by atoms with Gasteiger partial charge in [-0.05, 0) is 49.7 Å². The number of fused-ring (bicyclic) bond motifs is 3. The number of pyridine rings is 1. The van der Waals surface area contributed by atoms with Gasteiger partial charge < -0.3 is 14.8 Å². The summed E-state index contributed by atoms with van der Waals surface area (Å²) in [7, 11) is -2.47. The lowest BCUT2D eigenvalue weighted by Gasteiger charge is -2.44. The Labute approximate surface area is 197 Å². The monoisotopic (exact) mass is 488 g/mol. The first-order valence-corrected chi connectivity index (χ1v) is 13.2. The quantitative estimate of drug-likeness (QED) is 0.634. The average Bonchev–Trinajstić information content (AvgIpc) is 3.51. The van der Waals surface area contributed by atoms with Crippen LogP contribution in [0, 0.1) is 0 Å². The fraction of sp³-hybridized carbons (Fsp3) is 0.591. The summed E-state index contributed by atoms with van der Waals surface area (Å²) in [6.07, 6.45) is 6.90. The van der Waals surface area contributed by atoms with E-state index in [0.717, 1.165) is 79.8 Å². The van der Waals surface area contributed by atoms with Crippen molar-refractivity contribution in [1.82, 2.24) is 24.4 Å². The molecule has 1 saturated heterocycles. The molecular formula is C22H28N6O5S. The molecule has 0 radical (unpaired) electrons. The maximum atomic E-state index is 13.1. The minimum Gasteiger partial charge on any atom is -0.475 e. The van der Waals surface area contributed by atoms with Crippen molar-refractivity contribution in [1.29, 1.82) is 0 Å². The van der Waals surface area contributed by atoms with Crippen LogP contribution in [0.25, 0.3) is 0 Å². The third kappa shape index (κ3) is 3.64. The van der Waals surface area contributed by atoms with E-state index in [-0.39, 0.29) is 22.9 Å². The molecule has 4 aliphatic rings. The molecule has 0 bridgehead atoms. The number of methoxy groups -OCH3 is 1.